The first kappa shape index (κ1) is 18.3. The van der Waals surface area contributed by atoms with Crippen LogP contribution in [-0.4, -0.2) is 51.7 Å². The summed E-state index contributed by atoms with van der Waals surface area (Å²) in [6.45, 7) is 3.36. The van der Waals surface area contributed by atoms with E-state index in [1.165, 1.54) is 28.9 Å². The number of nitrogens with one attached hydrogen (secondary N) is 1. The van der Waals surface area contributed by atoms with E-state index in [4.69, 9.17) is 5.11 Å². The van der Waals surface area contributed by atoms with E-state index in [-0.39, 0.29) is 5.78 Å². The van der Waals surface area contributed by atoms with Crippen molar-refractivity contribution in [1.29, 1.82) is 0 Å². The molecule has 2 N–H and O–H groups in total. The molecule has 2 fully saturated rings. The molecule has 0 amide bonds. The second-order valence-corrected chi connectivity index (χ2v) is 8.16. The van der Waals surface area contributed by atoms with E-state index in [1.54, 1.807) is 0 Å². The van der Waals surface area contributed by atoms with E-state index in [1.807, 2.05) is 0 Å². The van der Waals surface area contributed by atoms with Gasteiger partial charge in [-0.3, -0.25) is 4.79 Å². The fourth-order valence-corrected chi connectivity index (χ4v) is 4.78. The van der Waals surface area contributed by atoms with Crippen LogP contribution in [0.3, 0.4) is 0 Å². The third-order valence-electron chi connectivity index (χ3n) is 6.43. The second-order valence-electron chi connectivity index (χ2n) is 8.16. The van der Waals surface area contributed by atoms with Gasteiger partial charge in [0, 0.05) is 56.2 Å². The molecule has 7 heteroatoms. The Morgan fingerprint density at radius 3 is 2.66 bits per heavy atom. The molecular formula is C22H25N5O2. The zero-order chi connectivity index (χ0) is 20.0. The third-order valence-corrected chi connectivity index (χ3v) is 6.43. The molecule has 0 spiro atoms. The number of carbonyl (C=O) groups is 1. The lowest BCUT2D eigenvalue weighted by Gasteiger charge is -2.19. The minimum absolute atomic E-state index is 0.349. The number of anilines is 1. The van der Waals surface area contributed by atoms with Gasteiger partial charge in [-0.2, -0.15) is 0 Å². The summed E-state index contributed by atoms with van der Waals surface area (Å²) in [6, 6.07) is 8.53. The number of para-hydroxylation sites is 1. The number of hydrogen-bond acceptors (Lipinski definition) is 6. The number of aromatic nitrogens is 3. The Balaban J connectivity index is 1.13. The average Bonchev–Trinajstić information content (AvgIpc) is 3.08. The Labute approximate surface area is 169 Å². The number of Topliss-reactive ketones (excluding diaryl/α,β-unsaturated/α-hetero) is 1. The highest BCUT2D eigenvalue weighted by Crippen LogP contribution is 2.51. The van der Waals surface area contributed by atoms with Gasteiger partial charge in [0.05, 0.1) is 5.56 Å². The zero-order valence-electron chi connectivity index (χ0n) is 16.5. The summed E-state index contributed by atoms with van der Waals surface area (Å²) in [5.41, 5.74) is 2.98. The minimum atomic E-state index is -0.510. The fourth-order valence-electron chi connectivity index (χ4n) is 4.78. The molecule has 1 saturated heterocycles. The minimum Gasteiger partial charge on any atom is -0.388 e. The summed E-state index contributed by atoms with van der Waals surface area (Å²) in [7, 11) is 2.10. The first-order valence-corrected chi connectivity index (χ1v) is 10.1. The molecular weight excluding hydrogens is 366 g/mol. The summed E-state index contributed by atoms with van der Waals surface area (Å²) < 4.78 is 2.19. The zero-order valence-corrected chi connectivity index (χ0v) is 16.5. The van der Waals surface area contributed by atoms with Gasteiger partial charge < -0.3 is 19.9 Å². The number of ketones is 1. The second kappa shape index (κ2) is 7.24. The van der Waals surface area contributed by atoms with Crippen molar-refractivity contribution in [3.63, 3.8) is 0 Å². The van der Waals surface area contributed by atoms with Crippen molar-refractivity contribution in [1.82, 2.24) is 19.9 Å². The smallest absolute Gasteiger partial charge is 0.225 e. The maximum Gasteiger partial charge on any atom is 0.225 e. The van der Waals surface area contributed by atoms with Crippen molar-refractivity contribution in [2.45, 2.75) is 6.54 Å². The van der Waals surface area contributed by atoms with Gasteiger partial charge in [0.15, 0.2) is 5.78 Å². The molecule has 2 aliphatic rings. The van der Waals surface area contributed by atoms with Gasteiger partial charge in [0.2, 0.25) is 5.95 Å². The molecule has 7 nitrogen and oxygen atoms in total. The van der Waals surface area contributed by atoms with Crippen LogP contribution >= 0.6 is 0 Å². The van der Waals surface area contributed by atoms with Crippen molar-refractivity contribution >= 4 is 22.6 Å². The monoisotopic (exact) mass is 391 g/mol. The molecule has 1 aliphatic heterocycles. The Hall–Kier alpha value is -2.77. The van der Waals surface area contributed by atoms with Gasteiger partial charge in [-0.05, 0) is 35.9 Å². The molecule has 150 valence electrons. The molecule has 2 atom stereocenters. The van der Waals surface area contributed by atoms with Crippen LogP contribution < -0.4 is 10.2 Å². The number of benzene rings is 1. The first-order valence-electron chi connectivity index (χ1n) is 10.1. The van der Waals surface area contributed by atoms with Crippen LogP contribution in [0, 0.1) is 17.8 Å². The van der Waals surface area contributed by atoms with Crippen LogP contribution in [0.25, 0.3) is 10.9 Å². The maximum atomic E-state index is 11.5. The van der Waals surface area contributed by atoms with Crippen LogP contribution in [0.2, 0.25) is 0 Å². The van der Waals surface area contributed by atoms with Crippen LogP contribution in [0.4, 0.5) is 5.95 Å². The average molecular weight is 391 g/mol. The SMILES string of the molecule is Cn1cc(CNCC2C3CN(c4ncc(C(=O)CO)cn4)CC23)c2ccccc21. The molecule has 5 rings (SSSR count). The quantitative estimate of drug-likeness (QED) is 0.596. The van der Waals surface area contributed by atoms with Crippen molar-refractivity contribution in [3.05, 3.63) is 54.0 Å². The highest BCUT2D eigenvalue weighted by molar-refractivity contribution is 5.96. The van der Waals surface area contributed by atoms with Gasteiger partial charge >= 0.3 is 0 Å². The van der Waals surface area contributed by atoms with E-state index in [0.29, 0.717) is 23.3 Å². The molecule has 1 aliphatic carbocycles. The van der Waals surface area contributed by atoms with E-state index in [0.717, 1.165) is 32.1 Å². The maximum absolute atomic E-state index is 11.5. The number of nitrogens with zero attached hydrogens (tertiary/aromatic N) is 4. The van der Waals surface area contributed by atoms with Gasteiger partial charge in [0.25, 0.3) is 0 Å². The predicted molar refractivity (Wildman–Crippen MR) is 111 cm³/mol. The molecule has 2 unspecified atom stereocenters. The number of aliphatic hydroxyl groups is 1. The van der Waals surface area contributed by atoms with Gasteiger partial charge in [0.1, 0.15) is 6.61 Å². The summed E-state index contributed by atoms with van der Waals surface area (Å²) in [4.78, 5) is 22.3. The Morgan fingerprint density at radius 1 is 1.21 bits per heavy atom. The lowest BCUT2D eigenvalue weighted by molar-refractivity contribution is 0.0903. The summed E-state index contributed by atoms with van der Waals surface area (Å²) in [5, 5.41) is 13.9. The topological polar surface area (TPSA) is 83.3 Å². The normalized spacial score (nSPS) is 22.8. The lowest BCUT2D eigenvalue weighted by atomic mass is 10.1. The van der Waals surface area contributed by atoms with Crippen LogP contribution in [0.5, 0.6) is 0 Å². The molecule has 3 aromatic rings. The van der Waals surface area contributed by atoms with Crippen molar-refractivity contribution in [2.24, 2.45) is 24.8 Å². The predicted octanol–water partition coefficient (Wildman–Crippen LogP) is 1.62. The van der Waals surface area contributed by atoms with Gasteiger partial charge in [-0.15, -0.1) is 0 Å². The van der Waals surface area contributed by atoms with E-state index in [9.17, 15) is 4.79 Å². The molecule has 0 radical (unpaired) electrons. The number of aliphatic hydroxyl groups excluding tert-OH is 1. The van der Waals surface area contributed by atoms with Crippen LogP contribution in [0.1, 0.15) is 15.9 Å². The van der Waals surface area contributed by atoms with Crippen molar-refractivity contribution in [2.75, 3.05) is 31.1 Å². The molecule has 1 aromatic carbocycles. The number of hydrogen-bond donors (Lipinski definition) is 2. The van der Waals surface area contributed by atoms with Crippen LogP contribution in [0.15, 0.2) is 42.9 Å². The number of piperidine rings is 1. The highest BCUT2D eigenvalue weighted by Gasteiger charge is 2.55. The molecule has 3 heterocycles. The highest BCUT2D eigenvalue weighted by atomic mass is 16.3. The number of carbonyl (C=O) groups excluding carboxylic acids is 1. The summed E-state index contributed by atoms with van der Waals surface area (Å²) in [6.07, 6.45) is 5.23. The Kier molecular flexibility index (Phi) is 4.56. The van der Waals surface area contributed by atoms with Crippen molar-refractivity contribution in [3.8, 4) is 0 Å². The Bertz CT molecular complexity index is 1030. The molecule has 2 aromatic heterocycles. The van der Waals surface area contributed by atoms with Crippen LogP contribution in [-0.2, 0) is 13.6 Å². The summed E-state index contributed by atoms with van der Waals surface area (Å²) in [5.74, 6) is 2.43. The van der Waals surface area contributed by atoms with Gasteiger partial charge in [-0.1, -0.05) is 18.2 Å². The van der Waals surface area contributed by atoms with Gasteiger partial charge in [-0.25, -0.2) is 9.97 Å². The lowest BCUT2D eigenvalue weighted by Crippen LogP contribution is -2.29. The molecule has 29 heavy (non-hydrogen) atoms. The Morgan fingerprint density at radius 2 is 1.93 bits per heavy atom. The van der Waals surface area contributed by atoms with Crippen molar-refractivity contribution < 1.29 is 9.90 Å². The number of fused-ring (bicyclic) bond motifs is 2. The first-order chi connectivity index (χ1) is 14.2. The van der Waals surface area contributed by atoms with E-state index >= 15 is 0 Å². The number of aryl methyl sites for hydroxylation is 1. The van der Waals surface area contributed by atoms with E-state index in [2.05, 4.69) is 62.3 Å². The molecule has 0 bridgehead atoms. The summed E-state index contributed by atoms with van der Waals surface area (Å²) >= 11 is 0. The number of rotatable bonds is 7. The standard InChI is InChI=1S/C22H25N5O2/c1-26-10-15(16-4-2-3-5-20(16)26)6-23-9-17-18-11-27(12-19(17)18)22-24-7-14(8-25-22)21(29)13-28/h2-5,7-8,10,17-19,23,28H,6,9,11-13H2,1H3. The fraction of sp³-hybridized carbons (Fsp3) is 0.409. The molecule has 1 saturated carbocycles. The third kappa shape index (κ3) is 3.30. The van der Waals surface area contributed by atoms with E-state index < -0.39 is 6.61 Å². The largest absolute Gasteiger partial charge is 0.388 e.